The monoisotopic (exact) mass is 311 g/mol. The number of ether oxygens (including phenoxy) is 1. The van der Waals surface area contributed by atoms with Gasteiger partial charge in [0.2, 0.25) is 0 Å². The van der Waals surface area contributed by atoms with E-state index in [1.807, 2.05) is 13.8 Å². The number of aliphatic hydroxyl groups is 1. The first-order valence-electron chi connectivity index (χ1n) is 7.30. The molecule has 7 heteroatoms. The lowest BCUT2D eigenvalue weighted by Crippen LogP contribution is -2.31. The molecule has 22 heavy (non-hydrogen) atoms. The predicted molar refractivity (Wildman–Crippen MR) is 75.5 cm³/mol. The van der Waals surface area contributed by atoms with Crippen LogP contribution in [0.5, 0.6) is 5.88 Å². The van der Waals surface area contributed by atoms with Crippen molar-refractivity contribution in [3.63, 3.8) is 0 Å². The van der Waals surface area contributed by atoms with Crippen molar-refractivity contribution in [3.8, 4) is 5.88 Å². The molecule has 7 nitrogen and oxygen atoms in total. The summed E-state index contributed by atoms with van der Waals surface area (Å²) < 4.78 is 10.1. The van der Waals surface area contributed by atoms with E-state index in [2.05, 4.69) is 5.16 Å². The topological polar surface area (TPSA) is 110 Å². The molecule has 0 aromatic carbocycles. The van der Waals surface area contributed by atoms with Gasteiger partial charge in [0.05, 0.1) is 25.0 Å². The van der Waals surface area contributed by atoms with Crippen molar-refractivity contribution in [1.82, 2.24) is 5.16 Å². The molecule has 1 aromatic heterocycles. The fourth-order valence-electron chi connectivity index (χ4n) is 3.14. The molecule has 1 saturated carbocycles. The molecule has 0 aliphatic heterocycles. The molecule has 1 aromatic rings. The van der Waals surface area contributed by atoms with Crippen molar-refractivity contribution in [2.45, 2.75) is 38.7 Å². The first kappa shape index (κ1) is 16.5. The number of ketones is 1. The van der Waals surface area contributed by atoms with E-state index in [-0.39, 0.29) is 30.4 Å². The number of carboxylic acids is 1. The molecule has 2 unspecified atom stereocenters. The van der Waals surface area contributed by atoms with Crippen LogP contribution in [0.4, 0.5) is 0 Å². The molecule has 1 fully saturated rings. The van der Waals surface area contributed by atoms with Gasteiger partial charge < -0.3 is 19.5 Å². The number of aromatic nitrogens is 1. The molecule has 1 aliphatic rings. The number of carboxylic acid groups (broad SMARTS) is 1. The van der Waals surface area contributed by atoms with Gasteiger partial charge in [-0.25, -0.2) is 0 Å². The minimum Gasteiger partial charge on any atom is -0.481 e. The zero-order valence-corrected chi connectivity index (χ0v) is 12.9. The Morgan fingerprint density at radius 1 is 1.36 bits per heavy atom. The summed E-state index contributed by atoms with van der Waals surface area (Å²) in [5.74, 6) is -2.89. The smallest absolute Gasteiger partial charge is 0.307 e. The number of carbonyl (C=O) groups excluding carboxylic acids is 1. The summed E-state index contributed by atoms with van der Waals surface area (Å²) in [6, 6.07) is 1.55. The van der Waals surface area contributed by atoms with E-state index in [0.29, 0.717) is 5.76 Å². The van der Waals surface area contributed by atoms with E-state index in [9.17, 15) is 19.8 Å². The van der Waals surface area contributed by atoms with E-state index >= 15 is 0 Å². The number of Topliss-reactive ketones (excluding diaryl/α,β-unsaturated/α-hetero) is 1. The largest absolute Gasteiger partial charge is 0.481 e. The molecule has 0 saturated heterocycles. The van der Waals surface area contributed by atoms with Gasteiger partial charge in [-0.05, 0) is 23.9 Å². The number of carbonyl (C=O) groups is 2. The maximum absolute atomic E-state index is 12.8. The molecule has 4 atom stereocenters. The number of hydrogen-bond acceptors (Lipinski definition) is 6. The van der Waals surface area contributed by atoms with Gasteiger partial charge in [0, 0.05) is 12.0 Å². The van der Waals surface area contributed by atoms with Crippen LogP contribution in [0.2, 0.25) is 0 Å². The number of rotatable bonds is 6. The van der Waals surface area contributed by atoms with Crippen LogP contribution in [-0.4, -0.2) is 40.3 Å². The van der Waals surface area contributed by atoms with Gasteiger partial charge in [-0.2, -0.15) is 0 Å². The van der Waals surface area contributed by atoms with Crippen LogP contribution in [0.25, 0.3) is 0 Å². The highest BCUT2D eigenvalue weighted by Crippen LogP contribution is 2.39. The second-order valence-corrected chi connectivity index (χ2v) is 6.07. The summed E-state index contributed by atoms with van der Waals surface area (Å²) in [4.78, 5) is 24.2. The van der Waals surface area contributed by atoms with Crippen LogP contribution in [0.1, 0.15) is 38.4 Å². The molecule has 0 bridgehead atoms. The van der Waals surface area contributed by atoms with Crippen LogP contribution in [0, 0.1) is 17.8 Å². The molecule has 122 valence electrons. The van der Waals surface area contributed by atoms with Crippen molar-refractivity contribution < 1.29 is 29.1 Å². The first-order chi connectivity index (χ1) is 10.3. The third kappa shape index (κ3) is 3.14. The summed E-state index contributed by atoms with van der Waals surface area (Å²) in [5, 5.41) is 22.7. The third-order valence-corrected chi connectivity index (χ3v) is 4.22. The van der Waals surface area contributed by atoms with Crippen LogP contribution < -0.4 is 4.74 Å². The summed E-state index contributed by atoms with van der Waals surface area (Å²) in [6.45, 7) is 3.72. The molecule has 1 aliphatic carbocycles. The van der Waals surface area contributed by atoms with Gasteiger partial charge in [0.1, 0.15) is 5.78 Å². The Morgan fingerprint density at radius 2 is 2.00 bits per heavy atom. The molecule has 0 amide bonds. The molecule has 2 rings (SSSR count). The van der Waals surface area contributed by atoms with E-state index < -0.39 is 29.8 Å². The van der Waals surface area contributed by atoms with Crippen molar-refractivity contribution >= 4 is 11.8 Å². The Bertz CT molecular complexity index is 552. The highest BCUT2D eigenvalue weighted by molar-refractivity contribution is 5.91. The summed E-state index contributed by atoms with van der Waals surface area (Å²) in [5.41, 5.74) is 0. The van der Waals surface area contributed by atoms with Gasteiger partial charge >= 0.3 is 5.97 Å². The molecular weight excluding hydrogens is 290 g/mol. The van der Waals surface area contributed by atoms with Gasteiger partial charge in [-0.15, -0.1) is 0 Å². The lowest BCUT2D eigenvalue weighted by Gasteiger charge is -2.22. The quantitative estimate of drug-likeness (QED) is 0.818. The second-order valence-electron chi connectivity index (χ2n) is 6.07. The Morgan fingerprint density at radius 3 is 2.50 bits per heavy atom. The van der Waals surface area contributed by atoms with Crippen molar-refractivity contribution in [2.24, 2.45) is 17.8 Å². The van der Waals surface area contributed by atoms with Crippen molar-refractivity contribution in [3.05, 3.63) is 11.8 Å². The van der Waals surface area contributed by atoms with E-state index in [0.717, 1.165) is 0 Å². The maximum Gasteiger partial charge on any atom is 0.307 e. The lowest BCUT2D eigenvalue weighted by atomic mass is 9.79. The number of aliphatic carboxylic acids is 1. The van der Waals surface area contributed by atoms with Crippen molar-refractivity contribution in [1.29, 1.82) is 0 Å². The third-order valence-electron chi connectivity index (χ3n) is 4.22. The highest BCUT2D eigenvalue weighted by Gasteiger charge is 2.45. The summed E-state index contributed by atoms with van der Waals surface area (Å²) in [7, 11) is 1.45. The van der Waals surface area contributed by atoms with E-state index in [4.69, 9.17) is 9.26 Å². The Balaban J connectivity index is 2.28. The molecule has 1 heterocycles. The fraction of sp³-hybridized carbons (Fsp3) is 0.667. The zero-order chi connectivity index (χ0) is 16.4. The maximum atomic E-state index is 12.8. The number of methoxy groups -OCH3 is 1. The average Bonchev–Trinajstić information content (AvgIpc) is 3.05. The Kier molecular flexibility index (Phi) is 4.85. The van der Waals surface area contributed by atoms with Crippen LogP contribution >= 0.6 is 0 Å². The van der Waals surface area contributed by atoms with Crippen molar-refractivity contribution in [2.75, 3.05) is 7.11 Å². The van der Waals surface area contributed by atoms with Crippen LogP contribution in [0.3, 0.4) is 0 Å². The number of aliphatic hydroxyl groups excluding tert-OH is 1. The average molecular weight is 311 g/mol. The van der Waals surface area contributed by atoms with E-state index in [1.54, 1.807) is 6.07 Å². The molecule has 2 N–H and O–H groups in total. The molecule has 0 radical (unpaired) electrons. The minimum absolute atomic E-state index is 0.0858. The SMILES string of the molecule is COc1cc(C(C(=O)C2C[C@H](O)C[C@H]2C(=O)O)C(C)C)on1. The summed E-state index contributed by atoms with van der Waals surface area (Å²) in [6.07, 6.45) is -0.479. The minimum atomic E-state index is -1.05. The van der Waals surface area contributed by atoms with Gasteiger partial charge in [0.25, 0.3) is 5.88 Å². The lowest BCUT2D eigenvalue weighted by molar-refractivity contribution is -0.146. The standard InChI is InChI=1S/C15H21NO6/c1-7(2)13(11-6-12(21-3)16-22-11)14(18)9-4-8(17)5-10(9)15(19)20/h6-10,13,17H,4-5H2,1-3H3,(H,19,20)/t8-,9?,10+,13?/m0/s1. The highest BCUT2D eigenvalue weighted by atomic mass is 16.5. The van der Waals surface area contributed by atoms with Gasteiger partial charge in [-0.3, -0.25) is 9.59 Å². The predicted octanol–water partition coefficient (Wildman–Crippen LogP) is 1.46. The van der Waals surface area contributed by atoms with Gasteiger partial charge in [-0.1, -0.05) is 13.8 Å². The number of nitrogens with zero attached hydrogens (tertiary/aromatic N) is 1. The molecular formula is C15H21NO6. The molecule has 0 spiro atoms. The normalized spacial score (nSPS) is 26.1. The van der Waals surface area contributed by atoms with Crippen LogP contribution in [-0.2, 0) is 9.59 Å². The zero-order valence-electron chi connectivity index (χ0n) is 12.9. The Labute approximate surface area is 128 Å². The van der Waals surface area contributed by atoms with Gasteiger partial charge in [0.15, 0.2) is 5.76 Å². The fourth-order valence-corrected chi connectivity index (χ4v) is 3.14. The van der Waals surface area contributed by atoms with Crippen LogP contribution in [0.15, 0.2) is 10.6 Å². The first-order valence-corrected chi connectivity index (χ1v) is 7.30. The number of hydrogen-bond donors (Lipinski definition) is 2. The second kappa shape index (κ2) is 6.48. The summed E-state index contributed by atoms with van der Waals surface area (Å²) >= 11 is 0. The Hall–Kier alpha value is -1.89. The van der Waals surface area contributed by atoms with E-state index in [1.165, 1.54) is 7.11 Å².